The lowest BCUT2D eigenvalue weighted by atomic mass is 9.97. The molecule has 0 bridgehead atoms. The van der Waals surface area contributed by atoms with Gasteiger partial charge in [0.15, 0.2) is 0 Å². The number of fused-ring (bicyclic) bond motifs is 2. The van der Waals surface area contributed by atoms with Crippen LogP contribution in [-0.2, 0) is 11.3 Å². The highest BCUT2D eigenvalue weighted by molar-refractivity contribution is 5.98. The van der Waals surface area contributed by atoms with E-state index in [9.17, 15) is 14.4 Å². The van der Waals surface area contributed by atoms with Crippen LogP contribution in [0.15, 0.2) is 63.8 Å². The van der Waals surface area contributed by atoms with Crippen molar-refractivity contribution in [2.45, 2.75) is 32.9 Å². The largest absolute Gasteiger partial charge is 0.326 e. The molecule has 1 aliphatic heterocycles. The number of nitrogens with zero attached hydrogens (tertiary/aromatic N) is 4. The highest BCUT2D eigenvalue weighted by Crippen LogP contribution is 2.30. The molecule has 2 aromatic carbocycles. The molecule has 0 fully saturated rings. The molecule has 0 saturated heterocycles. The lowest BCUT2D eigenvalue weighted by molar-refractivity contribution is -0.116. The molecular formula is C22H21N5O3. The van der Waals surface area contributed by atoms with Crippen molar-refractivity contribution in [3.8, 4) is 0 Å². The van der Waals surface area contributed by atoms with Crippen LogP contribution in [0.1, 0.15) is 42.2 Å². The second kappa shape index (κ2) is 7.98. The summed E-state index contributed by atoms with van der Waals surface area (Å²) in [6.07, 6.45) is 1.59. The Bertz CT molecular complexity index is 1230. The van der Waals surface area contributed by atoms with Gasteiger partial charge in [-0.3, -0.25) is 19.0 Å². The molecule has 2 heterocycles. The van der Waals surface area contributed by atoms with Crippen molar-refractivity contribution in [3.05, 3.63) is 70.3 Å². The molecule has 1 atom stereocenters. The first kappa shape index (κ1) is 19.6. The summed E-state index contributed by atoms with van der Waals surface area (Å²) in [7, 11) is 0. The number of hydrogen-bond acceptors (Lipinski definition) is 5. The first-order valence-electron chi connectivity index (χ1n) is 9.75. The smallest absolute Gasteiger partial charge is 0.295 e. The maximum Gasteiger partial charge on any atom is 0.295 e. The van der Waals surface area contributed by atoms with Gasteiger partial charge in [-0.25, -0.2) is 4.98 Å². The van der Waals surface area contributed by atoms with Crippen LogP contribution in [0, 0.1) is 5.92 Å². The zero-order valence-electron chi connectivity index (χ0n) is 16.7. The number of benzene rings is 2. The van der Waals surface area contributed by atoms with Crippen molar-refractivity contribution in [3.63, 3.8) is 0 Å². The Balaban J connectivity index is 1.55. The van der Waals surface area contributed by atoms with Crippen LogP contribution in [-0.4, -0.2) is 21.4 Å². The third-order valence-electron chi connectivity index (χ3n) is 4.89. The Labute approximate surface area is 172 Å². The normalized spacial score (nSPS) is 15.4. The monoisotopic (exact) mass is 403 g/mol. The fraction of sp³-hybridized carbons (Fsp3) is 0.273. The van der Waals surface area contributed by atoms with Crippen LogP contribution in [0.4, 0.5) is 5.69 Å². The van der Waals surface area contributed by atoms with Gasteiger partial charge < -0.3 is 5.32 Å². The van der Waals surface area contributed by atoms with E-state index in [0.29, 0.717) is 40.2 Å². The van der Waals surface area contributed by atoms with Gasteiger partial charge in [-0.2, -0.15) is 5.11 Å². The number of anilines is 1. The highest BCUT2D eigenvalue weighted by Gasteiger charge is 2.25. The van der Waals surface area contributed by atoms with Crippen molar-refractivity contribution < 1.29 is 9.59 Å². The van der Waals surface area contributed by atoms with Gasteiger partial charge in [-0.05, 0) is 35.7 Å². The summed E-state index contributed by atoms with van der Waals surface area (Å²) < 4.78 is 1.58. The Kier molecular flexibility index (Phi) is 5.22. The average molecular weight is 403 g/mol. The maximum atomic E-state index is 12.7. The molecule has 3 aromatic rings. The minimum atomic E-state index is -0.524. The zero-order valence-corrected chi connectivity index (χ0v) is 16.7. The third-order valence-corrected chi connectivity index (χ3v) is 4.89. The third kappa shape index (κ3) is 3.89. The Morgan fingerprint density at radius 3 is 2.77 bits per heavy atom. The van der Waals surface area contributed by atoms with Gasteiger partial charge in [-0.15, -0.1) is 5.11 Å². The van der Waals surface area contributed by atoms with E-state index in [1.54, 1.807) is 53.4 Å². The maximum absolute atomic E-state index is 12.7. The number of rotatable bonds is 5. The summed E-state index contributed by atoms with van der Waals surface area (Å²) in [5.74, 6) is -0.375. The quantitative estimate of drug-likeness (QED) is 0.700. The molecule has 1 aromatic heterocycles. The van der Waals surface area contributed by atoms with E-state index in [0.717, 1.165) is 0 Å². The van der Waals surface area contributed by atoms with Crippen LogP contribution in [0.5, 0.6) is 0 Å². The first-order chi connectivity index (χ1) is 14.4. The van der Waals surface area contributed by atoms with E-state index in [4.69, 9.17) is 0 Å². The van der Waals surface area contributed by atoms with Gasteiger partial charge in [0.05, 0.1) is 23.7 Å². The standard InChI is InChI=1S/C22H21N5O3/c1-13(2)11-27-12-23-18-8-7-14(9-17(18)22(27)30)24-20(28)10-19-15-5-3-4-6-16(15)21(29)26-25-19/h3-9,12-13,19H,10-11H2,1-2H3,(H,24,28). The topological polar surface area (TPSA) is 106 Å². The summed E-state index contributed by atoms with van der Waals surface area (Å²) in [5.41, 5.74) is 2.09. The van der Waals surface area contributed by atoms with Gasteiger partial charge in [0, 0.05) is 17.8 Å². The number of carbonyl (C=O) groups is 2. The van der Waals surface area contributed by atoms with E-state index in [1.807, 2.05) is 13.8 Å². The summed E-state index contributed by atoms with van der Waals surface area (Å²) >= 11 is 0. The summed E-state index contributed by atoms with van der Waals surface area (Å²) in [5, 5.41) is 10.9. The van der Waals surface area contributed by atoms with Crippen LogP contribution < -0.4 is 10.9 Å². The molecule has 0 saturated carbocycles. The van der Waals surface area contributed by atoms with Crippen molar-refractivity contribution in [1.29, 1.82) is 0 Å². The highest BCUT2D eigenvalue weighted by atomic mass is 16.2. The second-order valence-corrected chi connectivity index (χ2v) is 7.70. The van der Waals surface area contributed by atoms with Gasteiger partial charge >= 0.3 is 0 Å². The number of azo groups is 1. The van der Waals surface area contributed by atoms with E-state index in [-0.39, 0.29) is 17.9 Å². The summed E-state index contributed by atoms with van der Waals surface area (Å²) in [6, 6.07) is 11.5. The van der Waals surface area contributed by atoms with Crippen LogP contribution in [0.2, 0.25) is 0 Å². The average Bonchev–Trinajstić information content (AvgIpc) is 2.72. The van der Waals surface area contributed by atoms with Crippen LogP contribution in [0.25, 0.3) is 10.9 Å². The van der Waals surface area contributed by atoms with Crippen LogP contribution >= 0.6 is 0 Å². The zero-order chi connectivity index (χ0) is 21.3. The SMILES string of the molecule is CC(C)Cn1cnc2ccc(NC(=O)CC3N=NC(=O)c4ccccc43)cc2c1=O. The molecule has 4 rings (SSSR count). The van der Waals surface area contributed by atoms with E-state index < -0.39 is 11.9 Å². The van der Waals surface area contributed by atoms with Crippen molar-refractivity contribution in [2.75, 3.05) is 5.32 Å². The molecule has 0 radical (unpaired) electrons. The number of nitrogens with one attached hydrogen (secondary N) is 1. The minimum Gasteiger partial charge on any atom is -0.326 e. The van der Waals surface area contributed by atoms with Crippen molar-refractivity contribution >= 4 is 28.4 Å². The molecule has 0 spiro atoms. The van der Waals surface area contributed by atoms with E-state index in [2.05, 4.69) is 20.5 Å². The molecule has 1 aliphatic rings. The van der Waals surface area contributed by atoms with E-state index >= 15 is 0 Å². The predicted octanol–water partition coefficient (Wildman–Crippen LogP) is 3.73. The fourth-order valence-corrected chi connectivity index (χ4v) is 3.52. The molecule has 1 N–H and O–H groups in total. The second-order valence-electron chi connectivity index (χ2n) is 7.70. The van der Waals surface area contributed by atoms with Gasteiger partial charge in [0.1, 0.15) is 6.04 Å². The lowest BCUT2D eigenvalue weighted by Gasteiger charge is -2.17. The number of amides is 2. The molecular weight excluding hydrogens is 382 g/mol. The molecule has 30 heavy (non-hydrogen) atoms. The Hall–Kier alpha value is -3.68. The lowest BCUT2D eigenvalue weighted by Crippen LogP contribution is -2.23. The fourth-order valence-electron chi connectivity index (χ4n) is 3.52. The number of hydrogen-bond donors (Lipinski definition) is 1. The first-order valence-corrected chi connectivity index (χ1v) is 9.75. The molecule has 8 nitrogen and oxygen atoms in total. The van der Waals surface area contributed by atoms with Crippen molar-refractivity contribution in [2.24, 2.45) is 16.1 Å². The molecule has 1 unspecified atom stereocenters. The Morgan fingerprint density at radius 2 is 1.97 bits per heavy atom. The Morgan fingerprint density at radius 1 is 1.17 bits per heavy atom. The van der Waals surface area contributed by atoms with Gasteiger partial charge in [-0.1, -0.05) is 32.0 Å². The van der Waals surface area contributed by atoms with Gasteiger partial charge in [0.2, 0.25) is 5.91 Å². The van der Waals surface area contributed by atoms with Gasteiger partial charge in [0.25, 0.3) is 11.5 Å². The molecule has 2 amide bonds. The van der Waals surface area contributed by atoms with E-state index in [1.165, 1.54) is 0 Å². The van der Waals surface area contributed by atoms with Crippen LogP contribution in [0.3, 0.4) is 0 Å². The minimum absolute atomic E-state index is 0.0381. The van der Waals surface area contributed by atoms with Crippen molar-refractivity contribution in [1.82, 2.24) is 9.55 Å². The number of aromatic nitrogens is 2. The number of carbonyl (C=O) groups excluding carboxylic acids is 2. The summed E-state index contributed by atoms with van der Waals surface area (Å²) in [4.78, 5) is 41.5. The predicted molar refractivity (Wildman–Crippen MR) is 112 cm³/mol. The molecule has 8 heteroatoms. The summed E-state index contributed by atoms with van der Waals surface area (Å²) in [6.45, 7) is 4.63. The molecule has 152 valence electrons. The molecule has 0 aliphatic carbocycles.